The highest BCUT2D eigenvalue weighted by molar-refractivity contribution is 5.90. The second-order valence-corrected chi connectivity index (χ2v) is 8.32. The molecule has 5 nitrogen and oxygen atoms in total. The zero-order valence-corrected chi connectivity index (χ0v) is 14.9. The molecule has 1 N–H and O–H groups in total. The first-order valence-corrected chi connectivity index (χ1v) is 8.56. The molecular formula is C18H21F3N4O. The molecular weight excluding hydrogens is 345 g/mol. The summed E-state index contributed by atoms with van der Waals surface area (Å²) in [6.45, 7) is 9.27. The van der Waals surface area contributed by atoms with E-state index in [4.69, 9.17) is 0 Å². The number of nitrogens with one attached hydrogen (secondary N) is 1. The summed E-state index contributed by atoms with van der Waals surface area (Å²) < 4.78 is 41.6. The minimum atomic E-state index is -4.72. The summed E-state index contributed by atoms with van der Waals surface area (Å²) >= 11 is 0. The molecule has 0 saturated carbocycles. The van der Waals surface area contributed by atoms with E-state index in [-0.39, 0.29) is 16.6 Å². The lowest BCUT2D eigenvalue weighted by atomic mass is 9.59. The van der Waals surface area contributed by atoms with Gasteiger partial charge in [-0.1, -0.05) is 20.8 Å². The van der Waals surface area contributed by atoms with Crippen LogP contribution in [-0.2, 0) is 0 Å². The molecule has 1 unspecified atom stereocenters. The van der Waals surface area contributed by atoms with E-state index in [1.165, 1.54) is 24.5 Å². The minimum Gasteiger partial charge on any atom is -0.406 e. The van der Waals surface area contributed by atoms with Crippen molar-refractivity contribution in [2.75, 3.05) is 24.5 Å². The van der Waals surface area contributed by atoms with Gasteiger partial charge in [-0.25, -0.2) is 9.97 Å². The number of aromatic nitrogens is 2. The van der Waals surface area contributed by atoms with Crippen molar-refractivity contribution in [3.8, 4) is 5.75 Å². The molecule has 26 heavy (non-hydrogen) atoms. The number of halogens is 3. The van der Waals surface area contributed by atoms with Gasteiger partial charge in [0, 0.05) is 36.5 Å². The number of alkyl halides is 3. The molecule has 0 aliphatic carbocycles. The number of hydrogen-bond acceptors (Lipinski definition) is 5. The third-order valence-corrected chi connectivity index (χ3v) is 5.27. The average molecular weight is 366 g/mol. The van der Waals surface area contributed by atoms with Gasteiger partial charge in [-0.15, -0.1) is 13.2 Å². The van der Waals surface area contributed by atoms with E-state index < -0.39 is 6.36 Å². The largest absolute Gasteiger partial charge is 0.573 e. The Bertz CT molecular complexity index is 840. The predicted molar refractivity (Wildman–Crippen MR) is 92.1 cm³/mol. The van der Waals surface area contributed by atoms with Crippen LogP contribution in [0.15, 0.2) is 24.5 Å². The van der Waals surface area contributed by atoms with Gasteiger partial charge in [0.05, 0.1) is 5.52 Å². The number of fused-ring (bicyclic) bond motifs is 1. The molecule has 2 aliphatic heterocycles. The number of nitrogens with zero attached hydrogens (tertiary/aromatic N) is 3. The highest BCUT2D eigenvalue weighted by Gasteiger charge is 2.58. The number of rotatable bonds is 2. The summed E-state index contributed by atoms with van der Waals surface area (Å²) in [5.74, 6) is 0.405. The van der Waals surface area contributed by atoms with E-state index in [1.54, 1.807) is 0 Å². The Morgan fingerprint density at radius 2 is 1.92 bits per heavy atom. The van der Waals surface area contributed by atoms with Gasteiger partial charge in [0.25, 0.3) is 0 Å². The van der Waals surface area contributed by atoms with Crippen molar-refractivity contribution in [2.45, 2.75) is 33.2 Å². The Balaban J connectivity index is 1.61. The maximum Gasteiger partial charge on any atom is 0.573 e. The molecule has 1 aromatic heterocycles. The topological polar surface area (TPSA) is 50.3 Å². The fourth-order valence-electron chi connectivity index (χ4n) is 4.35. The molecule has 140 valence electrons. The van der Waals surface area contributed by atoms with Gasteiger partial charge in [0.1, 0.15) is 17.9 Å². The summed E-state index contributed by atoms with van der Waals surface area (Å²) in [4.78, 5) is 10.6. The quantitative estimate of drug-likeness (QED) is 0.883. The van der Waals surface area contributed by atoms with Crippen LogP contribution in [0.2, 0.25) is 0 Å². The lowest BCUT2D eigenvalue weighted by Crippen LogP contribution is -2.79. The minimum absolute atomic E-state index is 0.159. The summed E-state index contributed by atoms with van der Waals surface area (Å²) in [5, 5.41) is 4.09. The molecule has 2 saturated heterocycles. The zero-order valence-electron chi connectivity index (χ0n) is 14.9. The van der Waals surface area contributed by atoms with Crippen molar-refractivity contribution in [1.29, 1.82) is 0 Å². The maximum atomic E-state index is 12.5. The first-order chi connectivity index (χ1) is 12.1. The third-order valence-electron chi connectivity index (χ3n) is 5.27. The first-order valence-electron chi connectivity index (χ1n) is 8.56. The summed E-state index contributed by atoms with van der Waals surface area (Å²) in [6, 6.07) is 4.59. The van der Waals surface area contributed by atoms with Crippen LogP contribution in [0.5, 0.6) is 5.75 Å². The van der Waals surface area contributed by atoms with Gasteiger partial charge in [0.2, 0.25) is 0 Å². The summed E-state index contributed by atoms with van der Waals surface area (Å²) in [5.41, 5.74) is 0.964. The van der Waals surface area contributed by atoms with Crippen molar-refractivity contribution in [3.63, 3.8) is 0 Å². The Hall–Kier alpha value is -2.09. The van der Waals surface area contributed by atoms with E-state index >= 15 is 0 Å². The highest BCUT2D eigenvalue weighted by atomic mass is 19.4. The number of hydrogen-bond donors (Lipinski definition) is 1. The number of benzene rings is 1. The molecule has 8 heteroatoms. The second kappa shape index (κ2) is 5.45. The zero-order chi connectivity index (χ0) is 18.7. The van der Waals surface area contributed by atoms with E-state index in [9.17, 15) is 13.2 Å². The van der Waals surface area contributed by atoms with Gasteiger partial charge < -0.3 is 15.0 Å². The molecule has 2 aromatic rings. The average Bonchev–Trinajstić information content (AvgIpc) is 2.41. The fourth-order valence-corrected chi connectivity index (χ4v) is 4.35. The molecule has 1 spiro atoms. The molecule has 0 bridgehead atoms. The molecule has 4 rings (SSSR count). The van der Waals surface area contributed by atoms with Gasteiger partial charge in [-0.2, -0.15) is 0 Å². The molecule has 2 fully saturated rings. The Morgan fingerprint density at radius 1 is 1.19 bits per heavy atom. The van der Waals surface area contributed by atoms with Gasteiger partial charge >= 0.3 is 6.36 Å². The predicted octanol–water partition coefficient (Wildman–Crippen LogP) is 3.35. The van der Waals surface area contributed by atoms with Crippen molar-refractivity contribution in [2.24, 2.45) is 10.8 Å². The van der Waals surface area contributed by atoms with Gasteiger partial charge in [0.15, 0.2) is 0 Å². The van der Waals surface area contributed by atoms with Crippen LogP contribution < -0.4 is 15.0 Å². The maximum absolute atomic E-state index is 12.5. The normalized spacial score (nSPS) is 22.2. The smallest absolute Gasteiger partial charge is 0.406 e. The number of anilines is 1. The van der Waals surface area contributed by atoms with E-state index in [0.717, 1.165) is 19.6 Å². The highest BCUT2D eigenvalue weighted by Crippen LogP contribution is 2.48. The van der Waals surface area contributed by atoms with E-state index in [2.05, 4.69) is 45.7 Å². The van der Waals surface area contributed by atoms with Crippen LogP contribution in [0, 0.1) is 10.8 Å². The molecule has 0 amide bonds. The third kappa shape index (κ3) is 2.86. The SMILES string of the molecule is CC(C)(C)C1NCC12CN(c1ncnc3ccc(OC(F)(F)F)cc13)C2. The van der Waals surface area contributed by atoms with Crippen LogP contribution in [-0.4, -0.2) is 42.0 Å². The monoisotopic (exact) mass is 366 g/mol. The van der Waals surface area contributed by atoms with E-state index in [1.807, 2.05) is 0 Å². The summed E-state index contributed by atoms with van der Waals surface area (Å²) in [6.07, 6.45) is -3.27. The lowest BCUT2D eigenvalue weighted by Gasteiger charge is -2.64. The first kappa shape index (κ1) is 17.3. The van der Waals surface area contributed by atoms with Crippen LogP contribution in [0.4, 0.5) is 19.0 Å². The van der Waals surface area contributed by atoms with Crippen molar-refractivity contribution >= 4 is 16.7 Å². The van der Waals surface area contributed by atoms with Crippen molar-refractivity contribution < 1.29 is 17.9 Å². The fraction of sp³-hybridized carbons (Fsp3) is 0.556. The molecule has 1 aromatic carbocycles. The Kier molecular flexibility index (Phi) is 3.63. The lowest BCUT2D eigenvalue weighted by molar-refractivity contribution is -0.274. The number of ether oxygens (including phenoxy) is 1. The van der Waals surface area contributed by atoms with Crippen LogP contribution in [0.25, 0.3) is 10.9 Å². The molecule has 2 aliphatic rings. The summed E-state index contributed by atoms with van der Waals surface area (Å²) in [7, 11) is 0. The Morgan fingerprint density at radius 3 is 2.50 bits per heavy atom. The molecule has 0 radical (unpaired) electrons. The van der Waals surface area contributed by atoms with Crippen LogP contribution >= 0.6 is 0 Å². The van der Waals surface area contributed by atoms with Crippen molar-refractivity contribution in [1.82, 2.24) is 15.3 Å². The standard InChI is InChI=1S/C18H21F3N4O/c1-16(2,3)15-17(7-22-15)8-25(9-17)14-12-6-11(26-18(19,20)21)4-5-13(12)23-10-24-14/h4-6,10,15,22H,7-9H2,1-3H3. The van der Waals surface area contributed by atoms with Crippen molar-refractivity contribution in [3.05, 3.63) is 24.5 Å². The molecule has 1 atom stereocenters. The van der Waals surface area contributed by atoms with Gasteiger partial charge in [-0.05, 0) is 23.6 Å². The second-order valence-electron chi connectivity index (χ2n) is 8.32. The van der Waals surface area contributed by atoms with Crippen LogP contribution in [0.3, 0.4) is 0 Å². The van der Waals surface area contributed by atoms with E-state index in [0.29, 0.717) is 22.8 Å². The Labute approximate surface area is 149 Å². The molecule has 3 heterocycles. The van der Waals surface area contributed by atoms with Gasteiger partial charge in [-0.3, -0.25) is 0 Å². The van der Waals surface area contributed by atoms with Crippen LogP contribution in [0.1, 0.15) is 20.8 Å².